The summed E-state index contributed by atoms with van der Waals surface area (Å²) in [5.41, 5.74) is 1.47. The highest BCUT2D eigenvalue weighted by atomic mass is 16.6. The molecule has 0 radical (unpaired) electrons. The van der Waals surface area contributed by atoms with Gasteiger partial charge in [0.15, 0.2) is 0 Å². The first-order valence-corrected chi connectivity index (χ1v) is 4.30. The van der Waals surface area contributed by atoms with Crippen LogP contribution in [0.15, 0.2) is 24.5 Å². The summed E-state index contributed by atoms with van der Waals surface area (Å²) in [5.74, 6) is 0. The fourth-order valence-electron chi connectivity index (χ4n) is 1.40. The Hall–Kier alpha value is -2.24. The highest BCUT2D eigenvalue weighted by Crippen LogP contribution is 2.28. The van der Waals surface area contributed by atoms with Gasteiger partial charge in [-0.05, 0) is 12.1 Å². The molecule has 1 N–H and O–H groups in total. The summed E-state index contributed by atoms with van der Waals surface area (Å²) >= 11 is 0. The normalized spacial score (nSPS) is 10.2. The molecule has 0 saturated heterocycles. The molecular formula is C9H8N4O2. The number of pyridine rings is 2. The molecule has 0 atom stereocenters. The minimum atomic E-state index is -0.479. The van der Waals surface area contributed by atoms with Crippen LogP contribution in [0.25, 0.3) is 11.0 Å². The summed E-state index contributed by atoms with van der Waals surface area (Å²) in [6, 6.07) is 3.49. The lowest BCUT2D eigenvalue weighted by atomic mass is 10.2. The third kappa shape index (κ3) is 1.45. The molecule has 2 rings (SSSR count). The molecule has 2 heterocycles. The molecule has 0 aliphatic carbocycles. The second kappa shape index (κ2) is 3.49. The van der Waals surface area contributed by atoms with Gasteiger partial charge in [0.25, 0.3) is 0 Å². The summed E-state index contributed by atoms with van der Waals surface area (Å²) in [5, 5.41) is 13.5. The topological polar surface area (TPSA) is 81.0 Å². The van der Waals surface area contributed by atoms with E-state index in [4.69, 9.17) is 0 Å². The van der Waals surface area contributed by atoms with Gasteiger partial charge in [0.2, 0.25) is 0 Å². The smallest absolute Gasteiger partial charge is 0.312 e. The molecule has 0 amide bonds. The zero-order valence-electron chi connectivity index (χ0n) is 7.97. The number of nitro groups is 1. The molecule has 15 heavy (non-hydrogen) atoms. The highest BCUT2D eigenvalue weighted by molar-refractivity contribution is 5.92. The molecule has 0 aliphatic rings. The first-order valence-electron chi connectivity index (χ1n) is 4.30. The lowest BCUT2D eigenvalue weighted by Gasteiger charge is -2.04. The Balaban J connectivity index is 2.81. The van der Waals surface area contributed by atoms with E-state index in [1.54, 1.807) is 25.4 Å². The van der Waals surface area contributed by atoms with Crippen LogP contribution >= 0.6 is 0 Å². The average Bonchev–Trinajstić information content (AvgIpc) is 2.27. The molecule has 0 saturated carbocycles. The van der Waals surface area contributed by atoms with Crippen LogP contribution in [0.1, 0.15) is 0 Å². The number of aromatic nitrogens is 2. The highest BCUT2D eigenvalue weighted by Gasteiger charge is 2.17. The molecule has 0 aromatic carbocycles. The van der Waals surface area contributed by atoms with Crippen LogP contribution in [-0.4, -0.2) is 21.9 Å². The van der Waals surface area contributed by atoms with E-state index in [1.165, 1.54) is 6.20 Å². The molecule has 0 bridgehead atoms. The van der Waals surface area contributed by atoms with Crippen molar-refractivity contribution in [2.75, 3.05) is 12.4 Å². The number of nitrogens with zero attached hydrogens (tertiary/aromatic N) is 3. The number of rotatable bonds is 2. The van der Waals surface area contributed by atoms with Crippen LogP contribution in [0, 0.1) is 10.1 Å². The van der Waals surface area contributed by atoms with E-state index < -0.39 is 4.92 Å². The van der Waals surface area contributed by atoms with Gasteiger partial charge < -0.3 is 5.32 Å². The third-order valence-corrected chi connectivity index (χ3v) is 2.05. The van der Waals surface area contributed by atoms with Crippen LogP contribution in [0.2, 0.25) is 0 Å². The number of anilines is 1. The maximum absolute atomic E-state index is 10.7. The van der Waals surface area contributed by atoms with Crippen molar-refractivity contribution in [3.05, 3.63) is 34.6 Å². The molecule has 0 spiro atoms. The minimum absolute atomic E-state index is 0.0660. The van der Waals surface area contributed by atoms with E-state index in [-0.39, 0.29) is 5.69 Å². The van der Waals surface area contributed by atoms with Gasteiger partial charge in [0.1, 0.15) is 17.4 Å². The Kier molecular flexibility index (Phi) is 2.17. The third-order valence-electron chi connectivity index (χ3n) is 2.05. The van der Waals surface area contributed by atoms with Crippen LogP contribution in [0.3, 0.4) is 0 Å². The zero-order chi connectivity index (χ0) is 10.8. The van der Waals surface area contributed by atoms with Gasteiger partial charge in [-0.2, -0.15) is 0 Å². The number of nitrogens with one attached hydrogen (secondary N) is 1. The van der Waals surface area contributed by atoms with Gasteiger partial charge in [-0.25, -0.2) is 4.98 Å². The molecule has 6 nitrogen and oxygen atoms in total. The second-order valence-corrected chi connectivity index (χ2v) is 2.90. The van der Waals surface area contributed by atoms with Crippen LogP contribution in [-0.2, 0) is 0 Å². The Labute approximate surface area is 85.1 Å². The maximum atomic E-state index is 10.7. The molecule has 0 unspecified atom stereocenters. The largest absolute Gasteiger partial charge is 0.381 e. The summed E-state index contributed by atoms with van der Waals surface area (Å²) in [6.07, 6.45) is 2.81. The number of hydrogen-bond donors (Lipinski definition) is 1. The molecule has 76 valence electrons. The van der Waals surface area contributed by atoms with E-state index in [0.29, 0.717) is 16.7 Å². The lowest BCUT2D eigenvalue weighted by Crippen LogP contribution is -1.99. The second-order valence-electron chi connectivity index (χ2n) is 2.90. The minimum Gasteiger partial charge on any atom is -0.381 e. The van der Waals surface area contributed by atoms with Crippen molar-refractivity contribution in [3.8, 4) is 0 Å². The van der Waals surface area contributed by atoms with Crippen molar-refractivity contribution in [2.45, 2.75) is 0 Å². The van der Waals surface area contributed by atoms with E-state index in [1.807, 2.05) is 0 Å². The molecular weight excluding hydrogens is 196 g/mol. The van der Waals surface area contributed by atoms with Crippen molar-refractivity contribution in [1.29, 1.82) is 0 Å². The van der Waals surface area contributed by atoms with Gasteiger partial charge >= 0.3 is 5.69 Å². The first kappa shape index (κ1) is 9.32. The number of hydrogen-bond acceptors (Lipinski definition) is 5. The fraction of sp³-hybridized carbons (Fsp3) is 0.111. The van der Waals surface area contributed by atoms with Gasteiger partial charge in [-0.1, -0.05) is 0 Å². The molecule has 6 heteroatoms. The number of fused-ring (bicyclic) bond motifs is 1. The first-order chi connectivity index (χ1) is 7.24. The Bertz CT molecular complexity index is 527. The summed E-state index contributed by atoms with van der Waals surface area (Å²) in [4.78, 5) is 18.3. The molecule has 2 aromatic rings. The molecule has 0 fully saturated rings. The van der Waals surface area contributed by atoms with Crippen molar-refractivity contribution in [3.63, 3.8) is 0 Å². The summed E-state index contributed by atoms with van der Waals surface area (Å²) in [6.45, 7) is 0. The average molecular weight is 204 g/mol. The van der Waals surface area contributed by atoms with Crippen molar-refractivity contribution >= 4 is 22.4 Å². The van der Waals surface area contributed by atoms with Crippen LogP contribution < -0.4 is 5.32 Å². The monoisotopic (exact) mass is 204 g/mol. The van der Waals surface area contributed by atoms with Crippen LogP contribution in [0.4, 0.5) is 11.4 Å². The van der Waals surface area contributed by atoms with E-state index in [0.717, 1.165) is 0 Å². The van der Waals surface area contributed by atoms with Gasteiger partial charge in [0, 0.05) is 13.2 Å². The van der Waals surface area contributed by atoms with E-state index >= 15 is 0 Å². The SMILES string of the molecule is CNc1c([N+](=O)[O-])cnc2cccnc12. The Morgan fingerprint density at radius 2 is 2.27 bits per heavy atom. The Morgan fingerprint density at radius 3 is 2.93 bits per heavy atom. The van der Waals surface area contributed by atoms with Crippen molar-refractivity contribution in [2.24, 2.45) is 0 Å². The summed E-state index contributed by atoms with van der Waals surface area (Å²) < 4.78 is 0. The van der Waals surface area contributed by atoms with Gasteiger partial charge in [-0.3, -0.25) is 15.1 Å². The molecule has 2 aromatic heterocycles. The maximum Gasteiger partial charge on any atom is 0.312 e. The quantitative estimate of drug-likeness (QED) is 0.593. The Morgan fingerprint density at radius 1 is 1.47 bits per heavy atom. The van der Waals surface area contributed by atoms with Crippen molar-refractivity contribution in [1.82, 2.24) is 9.97 Å². The lowest BCUT2D eigenvalue weighted by molar-refractivity contribution is -0.384. The predicted molar refractivity (Wildman–Crippen MR) is 55.7 cm³/mol. The van der Waals surface area contributed by atoms with E-state index in [9.17, 15) is 10.1 Å². The fourth-order valence-corrected chi connectivity index (χ4v) is 1.40. The van der Waals surface area contributed by atoms with Gasteiger partial charge in [-0.15, -0.1) is 0 Å². The van der Waals surface area contributed by atoms with Crippen molar-refractivity contribution < 1.29 is 4.92 Å². The van der Waals surface area contributed by atoms with Gasteiger partial charge in [0.05, 0.1) is 10.4 Å². The van der Waals surface area contributed by atoms with E-state index in [2.05, 4.69) is 15.3 Å². The predicted octanol–water partition coefficient (Wildman–Crippen LogP) is 1.58. The van der Waals surface area contributed by atoms with Crippen LogP contribution in [0.5, 0.6) is 0 Å². The standard InChI is InChI=1S/C9H8N4O2/c1-10-9-7(13(14)15)5-12-6-3-2-4-11-8(6)9/h2-5H,1H3,(H,10,12). The molecule has 0 aliphatic heterocycles. The zero-order valence-corrected chi connectivity index (χ0v) is 7.97. The summed E-state index contributed by atoms with van der Waals surface area (Å²) in [7, 11) is 1.62.